The second-order valence-corrected chi connectivity index (χ2v) is 12.7. The van der Waals surface area contributed by atoms with Gasteiger partial charge in [0.1, 0.15) is 36.1 Å². The van der Waals surface area contributed by atoms with Crippen LogP contribution in [-0.2, 0) is 27.3 Å². The normalized spacial score (nSPS) is 12.3. The number of nitrogens with zero attached hydrogens (tertiary/aromatic N) is 1. The maximum atomic E-state index is 16.0. The van der Waals surface area contributed by atoms with Crippen LogP contribution in [0.15, 0.2) is 60.7 Å². The van der Waals surface area contributed by atoms with Crippen molar-refractivity contribution in [3.05, 3.63) is 83.2 Å². The molecule has 0 saturated carbocycles. The molecule has 238 valence electrons. The average Bonchev–Trinajstić information content (AvgIpc) is 2.90. The fourth-order valence-corrected chi connectivity index (χ4v) is 4.54. The van der Waals surface area contributed by atoms with Crippen molar-refractivity contribution >= 4 is 17.7 Å². The molecule has 3 rings (SSSR count). The van der Waals surface area contributed by atoms with E-state index in [0.29, 0.717) is 33.7 Å². The summed E-state index contributed by atoms with van der Waals surface area (Å²) in [6, 6.07) is 17.0. The van der Waals surface area contributed by atoms with Gasteiger partial charge in [0.25, 0.3) is 0 Å². The van der Waals surface area contributed by atoms with Crippen LogP contribution >= 0.6 is 0 Å². The molecule has 0 saturated heterocycles. The summed E-state index contributed by atoms with van der Waals surface area (Å²) in [4.78, 5) is 26.6. The number of ether oxygens (including phenoxy) is 3. The monoisotopic (exact) mass is 610 g/mol. The molecule has 44 heavy (non-hydrogen) atoms. The maximum Gasteiger partial charge on any atom is 0.408 e. The zero-order valence-electron chi connectivity index (χ0n) is 26.9. The summed E-state index contributed by atoms with van der Waals surface area (Å²) in [6.07, 6.45) is -0.595. The van der Waals surface area contributed by atoms with E-state index in [1.165, 1.54) is 0 Å². The average molecular weight is 611 g/mol. The molecule has 7 nitrogen and oxygen atoms in total. The summed E-state index contributed by atoms with van der Waals surface area (Å²) < 4.78 is 46.3. The molecule has 0 fully saturated rings. The minimum Gasteiger partial charge on any atom is -0.489 e. The highest BCUT2D eigenvalue weighted by Crippen LogP contribution is 2.32. The van der Waals surface area contributed by atoms with Gasteiger partial charge in [-0.3, -0.25) is 4.79 Å². The molecule has 0 aliphatic carbocycles. The minimum absolute atomic E-state index is 0.0471. The van der Waals surface area contributed by atoms with Crippen molar-refractivity contribution in [2.45, 2.75) is 78.7 Å². The Balaban J connectivity index is 1.92. The Labute approximate surface area is 259 Å². The molecule has 0 aliphatic heterocycles. The molecule has 0 bridgehead atoms. The van der Waals surface area contributed by atoms with Gasteiger partial charge in [-0.1, -0.05) is 36.4 Å². The first kappa shape index (κ1) is 34.4. The van der Waals surface area contributed by atoms with Gasteiger partial charge < -0.3 is 24.4 Å². The van der Waals surface area contributed by atoms with Crippen molar-refractivity contribution < 1.29 is 32.6 Å². The number of para-hydroxylation sites is 1. The lowest BCUT2D eigenvalue weighted by Crippen LogP contribution is -2.34. The van der Waals surface area contributed by atoms with Crippen LogP contribution in [0.3, 0.4) is 0 Å². The first-order chi connectivity index (χ1) is 20.6. The van der Waals surface area contributed by atoms with Crippen molar-refractivity contribution in [1.82, 2.24) is 5.32 Å². The number of hydrogen-bond acceptors (Lipinski definition) is 6. The first-order valence-corrected chi connectivity index (χ1v) is 14.7. The predicted octanol–water partition coefficient (Wildman–Crippen LogP) is 7.95. The lowest BCUT2D eigenvalue weighted by molar-refractivity contribution is -0.153. The number of carbonyl (C=O) groups is 2. The number of nitrogens with one attached hydrogen (secondary N) is 1. The highest BCUT2D eigenvalue weighted by Gasteiger charge is 2.22. The quantitative estimate of drug-likeness (QED) is 0.222. The number of halogens is 2. The molecule has 0 aliphatic rings. The zero-order valence-corrected chi connectivity index (χ0v) is 26.9. The van der Waals surface area contributed by atoms with Crippen LogP contribution in [0.2, 0.25) is 0 Å². The number of hydrogen-bond donors (Lipinski definition) is 1. The largest absolute Gasteiger partial charge is 0.489 e. The van der Waals surface area contributed by atoms with Crippen LogP contribution in [0.4, 0.5) is 19.3 Å². The van der Waals surface area contributed by atoms with Crippen LogP contribution in [0.5, 0.6) is 5.75 Å². The Kier molecular flexibility index (Phi) is 11.4. The van der Waals surface area contributed by atoms with E-state index in [-0.39, 0.29) is 25.5 Å². The maximum absolute atomic E-state index is 16.0. The van der Waals surface area contributed by atoms with Crippen LogP contribution in [0, 0.1) is 5.82 Å². The van der Waals surface area contributed by atoms with Gasteiger partial charge in [-0.15, -0.1) is 0 Å². The van der Waals surface area contributed by atoms with Crippen LogP contribution in [0.25, 0.3) is 11.1 Å². The number of amides is 1. The Morgan fingerprint density at radius 1 is 0.932 bits per heavy atom. The fourth-order valence-electron chi connectivity index (χ4n) is 4.54. The Morgan fingerprint density at radius 2 is 1.61 bits per heavy atom. The van der Waals surface area contributed by atoms with E-state index in [1.807, 2.05) is 51.1 Å². The van der Waals surface area contributed by atoms with Crippen LogP contribution in [0.1, 0.15) is 71.2 Å². The molecule has 3 aromatic carbocycles. The summed E-state index contributed by atoms with van der Waals surface area (Å²) in [7, 11) is 1.76. The molecule has 1 amide bonds. The SMILES string of the molecule is C[C@@H](NC(=O)OC(C)(C)C)c1cccc(-c2cc(COc3ccccc3CC(=O)OC(C)(C)C)cc(N(C)CCF)c2)c1F. The minimum atomic E-state index is -0.689. The van der Waals surface area contributed by atoms with Gasteiger partial charge in [-0.25, -0.2) is 13.6 Å². The van der Waals surface area contributed by atoms with Gasteiger partial charge in [0, 0.05) is 36.0 Å². The van der Waals surface area contributed by atoms with Crippen LogP contribution < -0.4 is 15.0 Å². The number of rotatable bonds is 11. The van der Waals surface area contributed by atoms with Crippen LogP contribution in [-0.4, -0.2) is 43.5 Å². The third kappa shape index (κ3) is 10.2. The fraction of sp³-hybridized carbons (Fsp3) is 0.429. The second-order valence-electron chi connectivity index (χ2n) is 12.7. The van der Waals surface area contributed by atoms with E-state index < -0.39 is 35.8 Å². The number of alkyl halides is 1. The van der Waals surface area contributed by atoms with Gasteiger partial charge in [0.05, 0.1) is 12.5 Å². The molecular formula is C35H44F2N2O5. The van der Waals surface area contributed by atoms with E-state index in [1.54, 1.807) is 70.0 Å². The summed E-state index contributed by atoms with van der Waals surface area (Å²) in [6.45, 7) is 12.1. The molecule has 0 heterocycles. The summed E-state index contributed by atoms with van der Waals surface area (Å²) in [5.41, 5.74) is 1.98. The summed E-state index contributed by atoms with van der Waals surface area (Å²) >= 11 is 0. The van der Waals surface area contributed by atoms with E-state index >= 15 is 4.39 Å². The lowest BCUT2D eigenvalue weighted by Gasteiger charge is -2.23. The highest BCUT2D eigenvalue weighted by atomic mass is 19.1. The first-order valence-electron chi connectivity index (χ1n) is 14.7. The predicted molar refractivity (Wildman–Crippen MR) is 169 cm³/mol. The molecular weight excluding hydrogens is 566 g/mol. The van der Waals surface area contributed by atoms with Crippen molar-refractivity contribution in [1.29, 1.82) is 0 Å². The van der Waals surface area contributed by atoms with E-state index in [2.05, 4.69) is 5.32 Å². The van der Waals surface area contributed by atoms with Gasteiger partial charge >= 0.3 is 12.1 Å². The topological polar surface area (TPSA) is 77.1 Å². The van der Waals surface area contributed by atoms with Crippen molar-refractivity contribution in [2.24, 2.45) is 0 Å². The number of carbonyl (C=O) groups excluding carboxylic acids is 2. The molecule has 0 unspecified atom stereocenters. The highest BCUT2D eigenvalue weighted by molar-refractivity contribution is 5.74. The zero-order chi connectivity index (χ0) is 32.7. The molecule has 0 aromatic heterocycles. The van der Waals surface area contributed by atoms with E-state index in [9.17, 15) is 14.0 Å². The smallest absolute Gasteiger partial charge is 0.408 e. The molecule has 0 spiro atoms. The summed E-state index contributed by atoms with van der Waals surface area (Å²) in [5.74, 6) is -0.329. The Morgan fingerprint density at radius 3 is 2.27 bits per heavy atom. The molecule has 0 radical (unpaired) electrons. The van der Waals surface area contributed by atoms with E-state index in [0.717, 1.165) is 5.56 Å². The van der Waals surface area contributed by atoms with Crippen molar-refractivity contribution in [3.63, 3.8) is 0 Å². The van der Waals surface area contributed by atoms with Crippen molar-refractivity contribution in [2.75, 3.05) is 25.2 Å². The third-order valence-corrected chi connectivity index (χ3v) is 6.50. The second kappa shape index (κ2) is 14.6. The Hall–Kier alpha value is -4.14. The summed E-state index contributed by atoms with van der Waals surface area (Å²) in [5, 5.41) is 2.70. The number of alkyl carbamates (subject to hydrolysis) is 1. The van der Waals surface area contributed by atoms with E-state index in [4.69, 9.17) is 14.2 Å². The number of benzene rings is 3. The molecule has 3 aromatic rings. The van der Waals surface area contributed by atoms with Gasteiger partial charge in [-0.2, -0.15) is 0 Å². The molecule has 1 atom stereocenters. The van der Waals surface area contributed by atoms with Gasteiger partial charge in [-0.05, 0) is 83.9 Å². The third-order valence-electron chi connectivity index (χ3n) is 6.50. The lowest BCUT2D eigenvalue weighted by atomic mass is 9.97. The molecule has 1 N–H and O–H groups in total. The number of anilines is 1. The van der Waals surface area contributed by atoms with Crippen molar-refractivity contribution in [3.8, 4) is 16.9 Å². The van der Waals surface area contributed by atoms with Gasteiger partial charge in [0.15, 0.2) is 0 Å². The Bertz CT molecular complexity index is 1450. The number of esters is 1. The molecule has 9 heteroatoms. The standard InChI is InChI=1S/C35H44F2N2O5/c1-23(38-33(41)44-35(5,6)7)28-13-11-14-29(32(28)37)26-18-24(19-27(20-26)39(8)17-16-36)22-42-30-15-10-9-12-25(30)21-31(40)43-34(2,3)4/h9-15,18-20,23H,16-17,21-22H2,1-8H3,(H,38,41)/t23-/m1/s1. The van der Waals surface area contributed by atoms with Gasteiger partial charge in [0.2, 0.25) is 0 Å².